The number of amides is 1. The molecule has 2 aliphatic carbocycles. The molecule has 8 heteroatoms. The first-order chi connectivity index (χ1) is 14.3. The molecule has 3 aromatic rings. The van der Waals surface area contributed by atoms with Crippen molar-refractivity contribution >= 4 is 51.4 Å². The molecule has 3 atom stereocenters. The molecule has 0 saturated heterocycles. The van der Waals surface area contributed by atoms with Gasteiger partial charge in [-0.3, -0.25) is 9.78 Å². The van der Waals surface area contributed by atoms with Crippen molar-refractivity contribution in [3.63, 3.8) is 0 Å². The lowest BCUT2D eigenvalue weighted by molar-refractivity contribution is -0.119. The Bertz CT molecular complexity index is 1220. The molecule has 2 saturated carbocycles. The second-order valence-electron chi connectivity index (χ2n) is 8.18. The van der Waals surface area contributed by atoms with Crippen LogP contribution in [0.2, 0.25) is 10.0 Å². The third-order valence-corrected chi connectivity index (χ3v) is 7.30. The fraction of sp³-hybridized carbons (Fsp3) is 0.318. The van der Waals surface area contributed by atoms with E-state index in [1.165, 1.54) is 0 Å². The molecular formula is C22H20Cl2N4O2. The summed E-state index contributed by atoms with van der Waals surface area (Å²) in [4.78, 5) is 21.2. The van der Waals surface area contributed by atoms with E-state index in [9.17, 15) is 9.90 Å². The number of halogens is 2. The van der Waals surface area contributed by atoms with E-state index in [1.807, 2.05) is 13.0 Å². The first-order valence-electron chi connectivity index (χ1n) is 9.83. The van der Waals surface area contributed by atoms with Crippen molar-refractivity contribution in [1.29, 1.82) is 0 Å². The fourth-order valence-corrected chi connectivity index (χ4v) is 5.55. The summed E-state index contributed by atoms with van der Waals surface area (Å²) in [5.41, 5.74) is 8.16. The van der Waals surface area contributed by atoms with E-state index in [-0.39, 0.29) is 17.7 Å². The Hall–Kier alpha value is -2.41. The molecule has 0 radical (unpaired) electrons. The zero-order valence-electron chi connectivity index (χ0n) is 16.2. The largest absolute Gasteiger partial charge is 0.397 e. The number of aryl methyl sites for hydroxylation is 1. The van der Waals surface area contributed by atoms with Crippen LogP contribution in [0.4, 0.5) is 11.5 Å². The topological polar surface area (TPSA) is 101 Å². The minimum atomic E-state index is -0.846. The maximum Gasteiger partial charge on any atom is 0.231 e. The van der Waals surface area contributed by atoms with Gasteiger partial charge in [0.25, 0.3) is 0 Å². The number of pyridine rings is 2. The Morgan fingerprint density at radius 3 is 2.80 bits per heavy atom. The first-order valence-corrected chi connectivity index (χ1v) is 10.6. The van der Waals surface area contributed by atoms with Crippen molar-refractivity contribution in [3.8, 4) is 11.1 Å². The van der Waals surface area contributed by atoms with Crippen molar-refractivity contribution < 1.29 is 9.90 Å². The lowest BCUT2D eigenvalue weighted by atomic mass is 9.98. The van der Waals surface area contributed by atoms with Crippen LogP contribution in [0.15, 0.2) is 30.7 Å². The fourth-order valence-electron chi connectivity index (χ4n) is 4.85. The number of aliphatic hydroxyl groups is 1. The van der Waals surface area contributed by atoms with Crippen molar-refractivity contribution in [2.75, 3.05) is 11.1 Å². The van der Waals surface area contributed by atoms with E-state index in [0.29, 0.717) is 44.3 Å². The Balaban J connectivity index is 1.56. The molecule has 0 spiro atoms. The van der Waals surface area contributed by atoms with Crippen LogP contribution in [0.25, 0.3) is 21.9 Å². The number of carbonyl (C=O) groups is 1. The van der Waals surface area contributed by atoms with Gasteiger partial charge in [-0.05, 0) is 37.5 Å². The molecule has 0 bridgehead atoms. The average Bonchev–Trinajstić information content (AvgIpc) is 3.12. The summed E-state index contributed by atoms with van der Waals surface area (Å²) in [7, 11) is 0. The van der Waals surface area contributed by atoms with Gasteiger partial charge in [-0.25, -0.2) is 4.98 Å². The highest BCUT2D eigenvalue weighted by Crippen LogP contribution is 2.61. The average molecular weight is 443 g/mol. The molecule has 154 valence electrons. The number of carbonyl (C=O) groups excluding carboxylic acids is 1. The third-order valence-electron chi connectivity index (χ3n) is 6.51. The zero-order valence-corrected chi connectivity index (χ0v) is 17.8. The monoisotopic (exact) mass is 442 g/mol. The van der Waals surface area contributed by atoms with Gasteiger partial charge < -0.3 is 16.2 Å². The molecule has 1 amide bonds. The Morgan fingerprint density at radius 2 is 2.10 bits per heavy atom. The summed E-state index contributed by atoms with van der Waals surface area (Å²) < 4.78 is 0. The lowest BCUT2D eigenvalue weighted by Crippen LogP contribution is -2.22. The van der Waals surface area contributed by atoms with Gasteiger partial charge in [0.2, 0.25) is 5.91 Å². The van der Waals surface area contributed by atoms with Crippen molar-refractivity contribution in [2.45, 2.75) is 31.8 Å². The van der Waals surface area contributed by atoms with E-state index in [0.717, 1.165) is 24.0 Å². The molecule has 5 rings (SSSR count). The number of nitrogens with one attached hydrogen (secondary N) is 1. The van der Waals surface area contributed by atoms with Crippen LogP contribution in [0.5, 0.6) is 0 Å². The van der Waals surface area contributed by atoms with Crippen LogP contribution in [0, 0.1) is 18.8 Å². The second-order valence-corrected chi connectivity index (χ2v) is 8.94. The Morgan fingerprint density at radius 1 is 1.30 bits per heavy atom. The quantitative estimate of drug-likeness (QED) is 0.514. The van der Waals surface area contributed by atoms with Crippen LogP contribution < -0.4 is 11.1 Å². The molecule has 1 aromatic carbocycles. The van der Waals surface area contributed by atoms with Gasteiger partial charge in [0.1, 0.15) is 5.82 Å². The highest BCUT2D eigenvalue weighted by atomic mass is 35.5. The SMILES string of the molecule is Cc1ccncc1-c1c(Cl)c(N)c2cnc(NC(=O)C3C4CCCC43O)cc2c1Cl. The number of hydrogen-bond acceptors (Lipinski definition) is 5. The summed E-state index contributed by atoms with van der Waals surface area (Å²) >= 11 is 13.3. The smallest absolute Gasteiger partial charge is 0.231 e. The van der Waals surface area contributed by atoms with Gasteiger partial charge in [-0.2, -0.15) is 0 Å². The predicted octanol–water partition coefficient (Wildman–Crippen LogP) is 4.59. The van der Waals surface area contributed by atoms with Crippen LogP contribution in [0.3, 0.4) is 0 Å². The number of fused-ring (bicyclic) bond motifs is 2. The number of anilines is 2. The van der Waals surface area contributed by atoms with Gasteiger partial charge in [-0.15, -0.1) is 0 Å². The maximum atomic E-state index is 12.7. The van der Waals surface area contributed by atoms with Crippen LogP contribution in [-0.4, -0.2) is 26.6 Å². The van der Waals surface area contributed by atoms with Crippen LogP contribution in [0.1, 0.15) is 24.8 Å². The number of rotatable bonds is 3. The Labute approximate surface area is 183 Å². The molecule has 6 nitrogen and oxygen atoms in total. The van der Waals surface area contributed by atoms with Gasteiger partial charge in [-0.1, -0.05) is 29.6 Å². The number of nitrogens with two attached hydrogens (primary N) is 1. The van der Waals surface area contributed by atoms with Crippen molar-refractivity contribution in [1.82, 2.24) is 9.97 Å². The Kier molecular flexibility index (Phi) is 4.43. The van der Waals surface area contributed by atoms with E-state index in [2.05, 4.69) is 15.3 Å². The lowest BCUT2D eigenvalue weighted by Gasteiger charge is -2.16. The molecule has 2 fully saturated rings. The van der Waals surface area contributed by atoms with Crippen molar-refractivity contribution in [2.24, 2.45) is 11.8 Å². The van der Waals surface area contributed by atoms with E-state index < -0.39 is 5.60 Å². The molecule has 2 heterocycles. The standard InChI is InChI=1S/C22H20Cl2N4O2/c1-10-4-6-26-8-12(10)16-18(23)11-7-15(27-9-13(11)20(25)19(16)24)28-21(29)17-14-3-2-5-22(14,17)30/h4,6-9,14,17,30H,2-3,5,25H2,1H3,(H,27,28,29). The summed E-state index contributed by atoms with van der Waals surface area (Å²) in [6.07, 6.45) is 7.48. The summed E-state index contributed by atoms with van der Waals surface area (Å²) in [5.74, 6) is -0.173. The van der Waals surface area contributed by atoms with Gasteiger partial charge in [0.15, 0.2) is 0 Å². The highest BCUT2D eigenvalue weighted by Gasteiger charge is 2.69. The van der Waals surface area contributed by atoms with Gasteiger partial charge in [0, 0.05) is 46.4 Å². The normalized spacial score (nSPS) is 24.7. The van der Waals surface area contributed by atoms with Crippen LogP contribution >= 0.6 is 23.2 Å². The van der Waals surface area contributed by atoms with E-state index in [4.69, 9.17) is 28.9 Å². The van der Waals surface area contributed by atoms with E-state index >= 15 is 0 Å². The number of nitrogen functional groups attached to an aromatic ring is 1. The second kappa shape index (κ2) is 6.80. The molecule has 0 aliphatic heterocycles. The highest BCUT2D eigenvalue weighted by molar-refractivity contribution is 6.45. The molecular weight excluding hydrogens is 423 g/mol. The molecule has 2 aromatic heterocycles. The minimum absolute atomic E-state index is 0.0520. The number of hydrogen-bond donors (Lipinski definition) is 3. The first kappa shape index (κ1) is 19.5. The van der Waals surface area contributed by atoms with Crippen LogP contribution in [-0.2, 0) is 4.79 Å². The van der Waals surface area contributed by atoms with Gasteiger partial charge in [0.05, 0.1) is 27.3 Å². The van der Waals surface area contributed by atoms with E-state index in [1.54, 1.807) is 24.7 Å². The summed E-state index contributed by atoms with van der Waals surface area (Å²) in [5, 5.41) is 15.3. The molecule has 3 unspecified atom stereocenters. The summed E-state index contributed by atoms with van der Waals surface area (Å²) in [6.45, 7) is 1.94. The molecule has 4 N–H and O–H groups in total. The number of nitrogens with zero attached hydrogens (tertiary/aromatic N) is 2. The zero-order chi connectivity index (χ0) is 21.2. The number of aromatic nitrogens is 2. The molecule has 2 aliphatic rings. The van der Waals surface area contributed by atoms with Crippen molar-refractivity contribution in [3.05, 3.63) is 46.3 Å². The van der Waals surface area contributed by atoms with Gasteiger partial charge >= 0.3 is 0 Å². The number of benzene rings is 1. The summed E-state index contributed by atoms with van der Waals surface area (Å²) in [6, 6.07) is 3.57. The predicted molar refractivity (Wildman–Crippen MR) is 119 cm³/mol. The third kappa shape index (κ3) is 2.78. The minimum Gasteiger partial charge on any atom is -0.397 e. The maximum absolute atomic E-state index is 12.7. The molecule has 30 heavy (non-hydrogen) atoms.